The quantitative estimate of drug-likeness (QED) is 0.767. The zero-order valence-corrected chi connectivity index (χ0v) is 10.4. The second kappa shape index (κ2) is 6.62. The molecular formula is C14H21NO2. The van der Waals surface area contributed by atoms with E-state index in [9.17, 15) is 0 Å². The van der Waals surface area contributed by atoms with Crippen LogP contribution in [0.1, 0.15) is 18.4 Å². The van der Waals surface area contributed by atoms with E-state index in [1.807, 2.05) is 18.2 Å². The second-order valence-electron chi connectivity index (χ2n) is 4.51. The van der Waals surface area contributed by atoms with Crippen LogP contribution in [0.25, 0.3) is 0 Å². The minimum absolute atomic E-state index is 0.643. The highest BCUT2D eigenvalue weighted by atomic mass is 16.5. The number of benzene rings is 1. The zero-order chi connectivity index (χ0) is 11.9. The molecule has 1 unspecified atom stereocenters. The summed E-state index contributed by atoms with van der Waals surface area (Å²) in [6.07, 6.45) is 2.44. The van der Waals surface area contributed by atoms with Gasteiger partial charge in [-0.2, -0.15) is 0 Å². The summed E-state index contributed by atoms with van der Waals surface area (Å²) >= 11 is 0. The Morgan fingerprint density at radius 3 is 3.00 bits per heavy atom. The van der Waals surface area contributed by atoms with Crippen molar-refractivity contribution in [2.45, 2.75) is 19.4 Å². The molecular weight excluding hydrogens is 214 g/mol. The topological polar surface area (TPSA) is 30.5 Å². The molecule has 0 spiro atoms. The first kappa shape index (κ1) is 12.4. The van der Waals surface area contributed by atoms with Gasteiger partial charge in [0, 0.05) is 12.2 Å². The molecule has 0 bridgehead atoms. The maximum absolute atomic E-state index is 5.72. The second-order valence-corrected chi connectivity index (χ2v) is 4.51. The maximum atomic E-state index is 5.72. The van der Waals surface area contributed by atoms with Crippen LogP contribution in [0.15, 0.2) is 24.3 Å². The van der Waals surface area contributed by atoms with Gasteiger partial charge in [0.2, 0.25) is 0 Å². The lowest BCUT2D eigenvalue weighted by Crippen LogP contribution is -2.10. The van der Waals surface area contributed by atoms with Crippen LogP contribution in [0.3, 0.4) is 0 Å². The van der Waals surface area contributed by atoms with Crippen molar-refractivity contribution < 1.29 is 9.47 Å². The van der Waals surface area contributed by atoms with E-state index in [-0.39, 0.29) is 0 Å². The summed E-state index contributed by atoms with van der Waals surface area (Å²) in [5, 5.41) is 3.37. The van der Waals surface area contributed by atoms with Crippen molar-refractivity contribution in [3.05, 3.63) is 29.8 Å². The molecule has 17 heavy (non-hydrogen) atoms. The van der Waals surface area contributed by atoms with Crippen LogP contribution in [0.5, 0.6) is 5.75 Å². The molecule has 1 N–H and O–H groups in total. The van der Waals surface area contributed by atoms with E-state index in [1.165, 1.54) is 6.42 Å². The minimum Gasteiger partial charge on any atom is -0.496 e. The van der Waals surface area contributed by atoms with E-state index < -0.39 is 0 Å². The first-order chi connectivity index (χ1) is 8.40. The van der Waals surface area contributed by atoms with Gasteiger partial charge < -0.3 is 14.8 Å². The SMILES string of the molecule is COc1ccccc1COCCC1CCNC1. The lowest BCUT2D eigenvalue weighted by atomic mass is 10.1. The Morgan fingerprint density at radius 1 is 1.35 bits per heavy atom. The highest BCUT2D eigenvalue weighted by Crippen LogP contribution is 2.18. The maximum Gasteiger partial charge on any atom is 0.124 e. The Balaban J connectivity index is 1.70. The van der Waals surface area contributed by atoms with Gasteiger partial charge in [-0.25, -0.2) is 0 Å². The molecule has 1 aromatic rings. The predicted molar refractivity (Wildman–Crippen MR) is 68.2 cm³/mol. The average Bonchev–Trinajstić information content (AvgIpc) is 2.88. The van der Waals surface area contributed by atoms with E-state index in [1.54, 1.807) is 7.11 Å². The van der Waals surface area contributed by atoms with Gasteiger partial charge in [0.1, 0.15) is 5.75 Å². The molecule has 0 amide bonds. The number of nitrogens with one attached hydrogen (secondary N) is 1. The van der Waals surface area contributed by atoms with Crippen molar-refractivity contribution in [2.24, 2.45) is 5.92 Å². The van der Waals surface area contributed by atoms with Crippen molar-refractivity contribution in [3.63, 3.8) is 0 Å². The number of methoxy groups -OCH3 is 1. The van der Waals surface area contributed by atoms with Gasteiger partial charge in [-0.05, 0) is 37.9 Å². The lowest BCUT2D eigenvalue weighted by molar-refractivity contribution is 0.107. The van der Waals surface area contributed by atoms with Gasteiger partial charge in [-0.3, -0.25) is 0 Å². The summed E-state index contributed by atoms with van der Waals surface area (Å²) in [6, 6.07) is 8.02. The van der Waals surface area contributed by atoms with Gasteiger partial charge in [-0.15, -0.1) is 0 Å². The minimum atomic E-state index is 0.643. The molecule has 1 aliphatic heterocycles. The van der Waals surface area contributed by atoms with E-state index in [2.05, 4.69) is 11.4 Å². The Morgan fingerprint density at radius 2 is 2.24 bits per heavy atom. The third kappa shape index (κ3) is 3.72. The third-order valence-electron chi connectivity index (χ3n) is 3.28. The molecule has 2 rings (SSSR count). The molecule has 3 nitrogen and oxygen atoms in total. The fourth-order valence-electron chi connectivity index (χ4n) is 2.22. The van der Waals surface area contributed by atoms with E-state index >= 15 is 0 Å². The summed E-state index contributed by atoms with van der Waals surface area (Å²) < 4.78 is 11.0. The van der Waals surface area contributed by atoms with Crippen molar-refractivity contribution in [3.8, 4) is 5.75 Å². The fourth-order valence-corrected chi connectivity index (χ4v) is 2.22. The summed E-state index contributed by atoms with van der Waals surface area (Å²) in [4.78, 5) is 0. The fraction of sp³-hybridized carbons (Fsp3) is 0.571. The van der Waals surface area contributed by atoms with E-state index in [0.29, 0.717) is 6.61 Å². The van der Waals surface area contributed by atoms with Gasteiger partial charge in [-0.1, -0.05) is 18.2 Å². The smallest absolute Gasteiger partial charge is 0.124 e. The molecule has 0 radical (unpaired) electrons. The monoisotopic (exact) mass is 235 g/mol. The first-order valence-electron chi connectivity index (χ1n) is 6.30. The van der Waals surface area contributed by atoms with Crippen LogP contribution in [0.4, 0.5) is 0 Å². The normalized spacial score (nSPS) is 19.5. The van der Waals surface area contributed by atoms with Crippen LogP contribution in [-0.2, 0) is 11.3 Å². The average molecular weight is 235 g/mol. The molecule has 1 aromatic carbocycles. The lowest BCUT2D eigenvalue weighted by Gasteiger charge is -2.11. The highest BCUT2D eigenvalue weighted by Gasteiger charge is 2.13. The standard InChI is InChI=1S/C14H21NO2/c1-16-14-5-3-2-4-13(14)11-17-9-7-12-6-8-15-10-12/h2-5,12,15H,6-11H2,1H3. The molecule has 1 fully saturated rings. The summed E-state index contributed by atoms with van der Waals surface area (Å²) in [5.74, 6) is 1.71. The van der Waals surface area contributed by atoms with Crippen molar-refractivity contribution >= 4 is 0 Å². The van der Waals surface area contributed by atoms with Gasteiger partial charge in [0.25, 0.3) is 0 Å². The van der Waals surface area contributed by atoms with Gasteiger partial charge >= 0.3 is 0 Å². The van der Waals surface area contributed by atoms with Crippen molar-refractivity contribution in [2.75, 3.05) is 26.8 Å². The molecule has 94 valence electrons. The van der Waals surface area contributed by atoms with Crippen LogP contribution >= 0.6 is 0 Å². The van der Waals surface area contributed by atoms with E-state index in [0.717, 1.165) is 43.3 Å². The summed E-state index contributed by atoms with van der Waals surface area (Å²) in [7, 11) is 1.70. The Bertz CT molecular complexity index is 335. The molecule has 0 aliphatic carbocycles. The number of hydrogen-bond donors (Lipinski definition) is 1. The van der Waals surface area contributed by atoms with E-state index in [4.69, 9.17) is 9.47 Å². The Kier molecular flexibility index (Phi) is 4.83. The van der Waals surface area contributed by atoms with Crippen LogP contribution in [0, 0.1) is 5.92 Å². The molecule has 1 heterocycles. The molecule has 1 atom stereocenters. The number of ether oxygens (including phenoxy) is 2. The highest BCUT2D eigenvalue weighted by molar-refractivity contribution is 5.32. The summed E-state index contributed by atoms with van der Waals surface area (Å²) in [6.45, 7) is 3.80. The Hall–Kier alpha value is -1.06. The third-order valence-corrected chi connectivity index (χ3v) is 3.28. The zero-order valence-electron chi connectivity index (χ0n) is 10.4. The van der Waals surface area contributed by atoms with Crippen LogP contribution < -0.4 is 10.1 Å². The van der Waals surface area contributed by atoms with Crippen molar-refractivity contribution in [1.29, 1.82) is 0 Å². The van der Waals surface area contributed by atoms with Crippen LogP contribution in [-0.4, -0.2) is 26.8 Å². The first-order valence-corrected chi connectivity index (χ1v) is 6.30. The molecule has 1 aliphatic rings. The Labute approximate surface area is 103 Å². The number of hydrogen-bond acceptors (Lipinski definition) is 3. The van der Waals surface area contributed by atoms with Crippen molar-refractivity contribution in [1.82, 2.24) is 5.32 Å². The molecule has 3 heteroatoms. The number of para-hydroxylation sites is 1. The molecule has 0 aromatic heterocycles. The molecule has 0 saturated carbocycles. The predicted octanol–water partition coefficient (Wildman–Crippen LogP) is 2.21. The summed E-state index contributed by atoms with van der Waals surface area (Å²) in [5.41, 5.74) is 1.12. The van der Waals surface area contributed by atoms with Gasteiger partial charge in [0.05, 0.1) is 13.7 Å². The largest absolute Gasteiger partial charge is 0.496 e. The molecule has 1 saturated heterocycles. The van der Waals surface area contributed by atoms with Crippen LogP contribution in [0.2, 0.25) is 0 Å². The number of rotatable bonds is 6. The van der Waals surface area contributed by atoms with Gasteiger partial charge in [0.15, 0.2) is 0 Å².